The van der Waals surface area contributed by atoms with Gasteiger partial charge in [-0.3, -0.25) is 9.59 Å². The summed E-state index contributed by atoms with van der Waals surface area (Å²) in [6.07, 6.45) is 8.76. The molecule has 0 saturated carbocycles. The first-order chi connectivity index (χ1) is 17.1. The number of esters is 2. The molecule has 0 amide bonds. The molecule has 2 heterocycles. The van der Waals surface area contributed by atoms with Crippen molar-refractivity contribution in [2.75, 3.05) is 24.7 Å². The monoisotopic (exact) mass is 558 g/mol. The van der Waals surface area contributed by atoms with Gasteiger partial charge in [-0.1, -0.05) is 74.2 Å². The summed E-state index contributed by atoms with van der Waals surface area (Å²) in [4.78, 5) is 24.8. The Morgan fingerprint density at radius 2 is 1.51 bits per heavy atom. The van der Waals surface area contributed by atoms with Crippen LogP contribution in [0.25, 0.3) is 0 Å². The predicted octanol–water partition coefficient (Wildman–Crippen LogP) is 7.26. The van der Waals surface area contributed by atoms with Crippen LogP contribution in [0.1, 0.15) is 69.8 Å². The topological polar surface area (TPSA) is 61.8 Å². The van der Waals surface area contributed by atoms with Crippen molar-refractivity contribution in [2.45, 2.75) is 87.7 Å². The number of ether oxygens (including phenoxy) is 3. The van der Waals surface area contributed by atoms with E-state index in [4.69, 9.17) is 14.2 Å². The fraction of sp³-hybridized carbons (Fsp3) is 0.692. The van der Waals surface area contributed by atoms with E-state index in [1.54, 1.807) is 0 Å². The maximum atomic E-state index is 12.5. The Kier molecular flexibility index (Phi) is 14.0. The highest BCUT2D eigenvalue weighted by atomic mass is 33.1. The molecule has 2 aliphatic rings. The molecule has 0 N–H and O–H groups in total. The normalized spacial score (nSPS) is 20.5. The van der Waals surface area contributed by atoms with E-state index in [-0.39, 0.29) is 25.2 Å². The Labute approximate surface area is 226 Å². The van der Waals surface area contributed by atoms with E-state index in [2.05, 4.69) is 0 Å². The highest BCUT2D eigenvalue weighted by Gasteiger charge is 2.20. The van der Waals surface area contributed by atoms with E-state index in [0.717, 1.165) is 60.3 Å². The van der Waals surface area contributed by atoms with Gasteiger partial charge >= 0.3 is 11.9 Å². The molecule has 9 heteroatoms. The molecule has 0 radical (unpaired) electrons. The molecule has 3 unspecified atom stereocenters. The second kappa shape index (κ2) is 17.0. The molecule has 2 saturated heterocycles. The summed E-state index contributed by atoms with van der Waals surface area (Å²) in [5, 5.41) is 1.45. The number of rotatable bonds is 16. The number of benzene rings is 1. The van der Waals surface area contributed by atoms with Crippen LogP contribution in [0.15, 0.2) is 24.3 Å². The van der Waals surface area contributed by atoms with Crippen molar-refractivity contribution in [2.24, 2.45) is 0 Å². The molecule has 35 heavy (non-hydrogen) atoms. The van der Waals surface area contributed by atoms with Gasteiger partial charge in [0.2, 0.25) is 0 Å². The van der Waals surface area contributed by atoms with Crippen molar-refractivity contribution in [3.63, 3.8) is 0 Å². The third-order valence-electron chi connectivity index (χ3n) is 6.02. The van der Waals surface area contributed by atoms with Crippen molar-refractivity contribution in [1.82, 2.24) is 0 Å². The van der Waals surface area contributed by atoms with Gasteiger partial charge in [0.15, 0.2) is 6.10 Å². The maximum Gasteiger partial charge on any atom is 0.306 e. The Balaban J connectivity index is 1.37. The van der Waals surface area contributed by atoms with Crippen LogP contribution < -0.4 is 4.74 Å². The van der Waals surface area contributed by atoms with Gasteiger partial charge in [0.05, 0.1) is 0 Å². The third kappa shape index (κ3) is 12.0. The molecule has 0 aliphatic carbocycles. The van der Waals surface area contributed by atoms with Gasteiger partial charge in [-0.2, -0.15) is 0 Å². The van der Waals surface area contributed by atoms with Crippen LogP contribution in [0.2, 0.25) is 0 Å². The second-order valence-electron chi connectivity index (χ2n) is 9.02. The van der Waals surface area contributed by atoms with Gasteiger partial charge in [0.1, 0.15) is 19.0 Å². The Morgan fingerprint density at radius 1 is 0.886 bits per heavy atom. The highest BCUT2D eigenvalue weighted by molar-refractivity contribution is 8.77. The molecular weight excluding hydrogens is 521 g/mol. The number of carbonyl (C=O) groups is 2. The van der Waals surface area contributed by atoms with E-state index in [9.17, 15) is 9.59 Å². The van der Waals surface area contributed by atoms with E-state index in [0.29, 0.717) is 12.8 Å². The fourth-order valence-corrected chi connectivity index (χ4v) is 9.99. The molecule has 0 aromatic heterocycles. The molecule has 2 aliphatic heterocycles. The first-order valence-corrected chi connectivity index (χ1v) is 17.5. The molecule has 3 rings (SSSR count). The lowest BCUT2D eigenvalue weighted by molar-refractivity contribution is -0.161. The van der Waals surface area contributed by atoms with Crippen molar-refractivity contribution in [3.05, 3.63) is 29.8 Å². The van der Waals surface area contributed by atoms with E-state index in [1.807, 2.05) is 74.4 Å². The second-order valence-corrected chi connectivity index (χ2v) is 14.6. The lowest BCUT2D eigenvalue weighted by Gasteiger charge is -2.19. The lowest BCUT2D eigenvalue weighted by atomic mass is 10.1. The summed E-state index contributed by atoms with van der Waals surface area (Å²) in [5.74, 6) is 2.73. The summed E-state index contributed by atoms with van der Waals surface area (Å²) in [7, 11) is 7.84. The van der Waals surface area contributed by atoms with Crippen molar-refractivity contribution >= 4 is 55.1 Å². The Bertz CT molecular complexity index is 766. The molecular formula is C26H38O5S4. The van der Waals surface area contributed by atoms with Gasteiger partial charge in [0, 0.05) is 34.8 Å². The van der Waals surface area contributed by atoms with Crippen LogP contribution in [0.5, 0.6) is 5.75 Å². The molecule has 1 aromatic carbocycles. The average Bonchev–Trinajstić information content (AvgIpc) is 3.57. The Morgan fingerprint density at radius 3 is 2.11 bits per heavy atom. The van der Waals surface area contributed by atoms with Gasteiger partial charge in [0.25, 0.3) is 0 Å². The minimum atomic E-state index is -0.611. The molecule has 1 aromatic rings. The fourth-order valence-electron chi connectivity index (χ4n) is 3.93. The minimum absolute atomic E-state index is 0.0293. The summed E-state index contributed by atoms with van der Waals surface area (Å²) < 4.78 is 17.1. The summed E-state index contributed by atoms with van der Waals surface area (Å²) in [6.45, 7) is 2.16. The number of aryl methyl sites for hydroxylation is 1. The highest BCUT2D eigenvalue weighted by Crippen LogP contribution is 2.40. The van der Waals surface area contributed by atoms with E-state index >= 15 is 0 Å². The molecule has 0 bridgehead atoms. The van der Waals surface area contributed by atoms with E-state index in [1.165, 1.54) is 24.3 Å². The van der Waals surface area contributed by atoms with Gasteiger partial charge in [-0.25, -0.2) is 0 Å². The smallest absolute Gasteiger partial charge is 0.306 e. The quantitative estimate of drug-likeness (QED) is 0.118. The van der Waals surface area contributed by atoms with Crippen LogP contribution in [-0.2, 0) is 19.1 Å². The summed E-state index contributed by atoms with van der Waals surface area (Å²) in [6, 6.07) is 7.72. The number of hydrogen-bond donors (Lipinski definition) is 0. The molecule has 0 spiro atoms. The SMILES string of the molecule is Cc1ccccc1OCC(COC(=O)CCCCC1CCSS1)OC(=O)CCCCC1CCSS1. The minimum Gasteiger partial charge on any atom is -0.489 e. The van der Waals surface area contributed by atoms with Crippen LogP contribution >= 0.6 is 43.2 Å². The van der Waals surface area contributed by atoms with Crippen LogP contribution in [0.4, 0.5) is 0 Å². The molecule has 196 valence electrons. The van der Waals surface area contributed by atoms with Gasteiger partial charge in [-0.15, -0.1) is 0 Å². The van der Waals surface area contributed by atoms with E-state index < -0.39 is 6.10 Å². The number of para-hydroxylation sites is 1. The van der Waals surface area contributed by atoms with Crippen molar-refractivity contribution < 1.29 is 23.8 Å². The number of hydrogen-bond acceptors (Lipinski definition) is 9. The molecule has 2 fully saturated rings. The van der Waals surface area contributed by atoms with Crippen LogP contribution in [0, 0.1) is 6.92 Å². The van der Waals surface area contributed by atoms with Gasteiger partial charge in [-0.05, 0) is 57.1 Å². The first kappa shape index (κ1) is 28.9. The third-order valence-corrected chi connectivity index (χ3v) is 12.0. The number of carbonyl (C=O) groups excluding carboxylic acids is 2. The van der Waals surface area contributed by atoms with Crippen molar-refractivity contribution in [1.29, 1.82) is 0 Å². The zero-order valence-electron chi connectivity index (χ0n) is 20.6. The lowest BCUT2D eigenvalue weighted by Crippen LogP contribution is -2.31. The summed E-state index contributed by atoms with van der Waals surface area (Å²) >= 11 is 0. The van der Waals surface area contributed by atoms with Crippen molar-refractivity contribution in [3.8, 4) is 5.75 Å². The zero-order chi connectivity index (χ0) is 24.7. The maximum absolute atomic E-state index is 12.5. The number of unbranched alkanes of at least 4 members (excludes halogenated alkanes) is 2. The first-order valence-electron chi connectivity index (χ1n) is 12.7. The standard InChI is InChI=1S/C26H38O5S4/c1-20-8-2-5-11-24(20)29-18-21(31-26(28)13-7-4-10-23-15-17-33-35-23)19-30-25(27)12-6-3-9-22-14-16-32-34-22/h2,5,8,11,21-23H,3-4,6-7,9-10,12-19H2,1H3. The summed E-state index contributed by atoms with van der Waals surface area (Å²) in [5.41, 5.74) is 1.01. The molecule has 5 nitrogen and oxygen atoms in total. The van der Waals surface area contributed by atoms with Crippen LogP contribution in [0.3, 0.4) is 0 Å². The zero-order valence-corrected chi connectivity index (χ0v) is 23.9. The molecule has 3 atom stereocenters. The van der Waals surface area contributed by atoms with Crippen LogP contribution in [-0.4, -0.2) is 53.3 Å². The Hall–Kier alpha value is -0.640. The predicted molar refractivity (Wildman–Crippen MR) is 151 cm³/mol. The largest absolute Gasteiger partial charge is 0.489 e. The van der Waals surface area contributed by atoms with Gasteiger partial charge < -0.3 is 14.2 Å². The average molecular weight is 559 g/mol.